The highest BCUT2D eigenvalue weighted by Crippen LogP contribution is 2.34. The number of nitrogens with one attached hydrogen (secondary N) is 1. The first-order valence-corrected chi connectivity index (χ1v) is 7.87. The fourth-order valence-corrected chi connectivity index (χ4v) is 2.23. The monoisotopic (exact) mass is 293 g/mol. The van der Waals surface area contributed by atoms with Gasteiger partial charge in [-0.1, -0.05) is 20.8 Å². The van der Waals surface area contributed by atoms with Gasteiger partial charge in [-0.15, -0.1) is 0 Å². The molecule has 1 aromatic rings. The fraction of sp³-hybridized carbons (Fsp3) is 0.667. The molecule has 0 radical (unpaired) electrons. The second kappa shape index (κ2) is 8.28. The number of methoxy groups -OCH3 is 1. The van der Waals surface area contributed by atoms with Crippen molar-refractivity contribution in [3.8, 4) is 11.5 Å². The molecule has 1 aromatic carbocycles. The average molecular weight is 293 g/mol. The van der Waals surface area contributed by atoms with Gasteiger partial charge in [0, 0.05) is 11.6 Å². The lowest BCUT2D eigenvalue weighted by Gasteiger charge is -2.23. The molecule has 0 aromatic heterocycles. The molecule has 0 aliphatic heterocycles. The van der Waals surface area contributed by atoms with Crippen LogP contribution in [0.3, 0.4) is 0 Å². The Balaban J connectivity index is 2.58. The van der Waals surface area contributed by atoms with Crippen molar-refractivity contribution in [3.63, 3.8) is 0 Å². The van der Waals surface area contributed by atoms with Crippen LogP contribution in [0.15, 0.2) is 18.2 Å². The maximum Gasteiger partial charge on any atom is 0.123 e. The lowest BCUT2D eigenvalue weighted by atomic mass is 9.86. The van der Waals surface area contributed by atoms with Gasteiger partial charge in [-0.3, -0.25) is 0 Å². The van der Waals surface area contributed by atoms with Crippen molar-refractivity contribution in [3.05, 3.63) is 23.8 Å². The van der Waals surface area contributed by atoms with Gasteiger partial charge in [-0.05, 0) is 56.8 Å². The number of hydrogen-bond donors (Lipinski definition) is 1. The topological polar surface area (TPSA) is 30.5 Å². The smallest absolute Gasteiger partial charge is 0.123 e. The van der Waals surface area contributed by atoms with Crippen LogP contribution in [0.2, 0.25) is 0 Å². The molecule has 0 saturated heterocycles. The molecule has 120 valence electrons. The zero-order valence-electron chi connectivity index (χ0n) is 14.5. The summed E-state index contributed by atoms with van der Waals surface area (Å²) in [5.74, 6) is 1.86. The number of unbranched alkanes of at least 4 members (excludes halogenated alkanes) is 1. The van der Waals surface area contributed by atoms with E-state index in [0.29, 0.717) is 6.04 Å². The van der Waals surface area contributed by atoms with Crippen molar-refractivity contribution in [2.24, 2.45) is 0 Å². The highest BCUT2D eigenvalue weighted by Gasteiger charge is 2.19. The zero-order chi connectivity index (χ0) is 15.9. The predicted molar refractivity (Wildman–Crippen MR) is 89.6 cm³/mol. The molecule has 0 bridgehead atoms. The summed E-state index contributed by atoms with van der Waals surface area (Å²) in [5, 5.41) is 3.26. The Morgan fingerprint density at radius 3 is 2.48 bits per heavy atom. The summed E-state index contributed by atoms with van der Waals surface area (Å²) in [5.41, 5.74) is 1.25. The van der Waals surface area contributed by atoms with Gasteiger partial charge in [0.2, 0.25) is 0 Å². The molecule has 0 spiro atoms. The summed E-state index contributed by atoms with van der Waals surface area (Å²) >= 11 is 0. The van der Waals surface area contributed by atoms with E-state index in [1.54, 1.807) is 7.11 Å². The lowest BCUT2D eigenvalue weighted by Crippen LogP contribution is -2.20. The van der Waals surface area contributed by atoms with E-state index in [9.17, 15) is 0 Å². The summed E-state index contributed by atoms with van der Waals surface area (Å²) in [6, 6.07) is 6.65. The first-order chi connectivity index (χ1) is 9.88. The standard InChI is InChI=1S/C18H31NO2/c1-14(19-5)9-7-8-12-21-17-11-10-15(20-6)13-16(17)18(2,3)4/h10-11,13-14,19H,7-9,12H2,1-6H3. The number of rotatable bonds is 8. The van der Waals surface area contributed by atoms with Gasteiger partial charge in [-0.25, -0.2) is 0 Å². The normalized spacial score (nSPS) is 13.0. The summed E-state index contributed by atoms with van der Waals surface area (Å²) in [4.78, 5) is 0. The van der Waals surface area contributed by atoms with Crippen LogP contribution < -0.4 is 14.8 Å². The second-order valence-electron chi connectivity index (χ2n) is 6.65. The summed E-state index contributed by atoms with van der Waals surface area (Å²) in [6.45, 7) is 9.57. The van der Waals surface area contributed by atoms with Crippen LogP contribution >= 0.6 is 0 Å². The fourth-order valence-electron chi connectivity index (χ4n) is 2.23. The molecule has 1 N–H and O–H groups in total. The first kappa shape index (κ1) is 17.8. The summed E-state index contributed by atoms with van der Waals surface area (Å²) in [7, 11) is 3.71. The lowest BCUT2D eigenvalue weighted by molar-refractivity contribution is 0.294. The van der Waals surface area contributed by atoms with Crippen molar-refractivity contribution in [2.45, 2.75) is 58.4 Å². The molecule has 0 heterocycles. The van der Waals surface area contributed by atoms with Crippen LogP contribution in [-0.4, -0.2) is 26.8 Å². The van der Waals surface area contributed by atoms with Gasteiger partial charge in [-0.2, -0.15) is 0 Å². The maximum atomic E-state index is 6.00. The van der Waals surface area contributed by atoms with Crippen LogP contribution in [-0.2, 0) is 5.41 Å². The Morgan fingerprint density at radius 1 is 1.19 bits per heavy atom. The third-order valence-electron chi connectivity index (χ3n) is 3.78. The second-order valence-corrected chi connectivity index (χ2v) is 6.65. The van der Waals surface area contributed by atoms with E-state index < -0.39 is 0 Å². The van der Waals surface area contributed by atoms with Crippen molar-refractivity contribution in [1.29, 1.82) is 0 Å². The van der Waals surface area contributed by atoms with Gasteiger partial charge in [0.25, 0.3) is 0 Å². The Bertz CT molecular complexity index is 424. The molecule has 1 rings (SSSR count). The minimum absolute atomic E-state index is 0.0461. The molecule has 0 aliphatic carbocycles. The molecule has 21 heavy (non-hydrogen) atoms. The van der Waals surface area contributed by atoms with E-state index in [4.69, 9.17) is 9.47 Å². The van der Waals surface area contributed by atoms with Crippen LogP contribution in [0.4, 0.5) is 0 Å². The molecule has 1 atom stereocenters. The summed E-state index contributed by atoms with van der Waals surface area (Å²) in [6.07, 6.45) is 3.46. The third-order valence-corrected chi connectivity index (χ3v) is 3.78. The Morgan fingerprint density at radius 2 is 1.90 bits per heavy atom. The molecular formula is C18H31NO2. The molecule has 1 unspecified atom stereocenters. The van der Waals surface area contributed by atoms with Crippen LogP contribution in [0.1, 0.15) is 52.5 Å². The predicted octanol–water partition coefficient (Wildman–Crippen LogP) is 4.15. The molecule has 0 amide bonds. The van der Waals surface area contributed by atoms with Crippen molar-refractivity contribution in [1.82, 2.24) is 5.32 Å². The van der Waals surface area contributed by atoms with Gasteiger partial charge < -0.3 is 14.8 Å². The van der Waals surface area contributed by atoms with Gasteiger partial charge in [0.1, 0.15) is 11.5 Å². The number of ether oxygens (including phenoxy) is 2. The first-order valence-electron chi connectivity index (χ1n) is 7.87. The van der Waals surface area contributed by atoms with Gasteiger partial charge >= 0.3 is 0 Å². The van der Waals surface area contributed by atoms with Gasteiger partial charge in [0.15, 0.2) is 0 Å². The van der Waals surface area contributed by atoms with Crippen molar-refractivity contribution >= 4 is 0 Å². The molecule has 0 saturated carbocycles. The number of benzene rings is 1. The average Bonchev–Trinajstić information content (AvgIpc) is 2.45. The molecule has 0 aliphatic rings. The maximum absolute atomic E-state index is 6.00. The van der Waals surface area contributed by atoms with Crippen LogP contribution in [0.5, 0.6) is 11.5 Å². The van der Waals surface area contributed by atoms with E-state index in [1.165, 1.54) is 18.4 Å². The zero-order valence-corrected chi connectivity index (χ0v) is 14.5. The Labute approximate surface area is 130 Å². The van der Waals surface area contributed by atoms with Crippen LogP contribution in [0, 0.1) is 0 Å². The SMILES string of the molecule is CNC(C)CCCCOc1ccc(OC)cc1C(C)(C)C. The van der Waals surface area contributed by atoms with E-state index in [1.807, 2.05) is 19.2 Å². The highest BCUT2D eigenvalue weighted by atomic mass is 16.5. The largest absolute Gasteiger partial charge is 0.497 e. The van der Waals surface area contributed by atoms with E-state index >= 15 is 0 Å². The molecule has 3 nitrogen and oxygen atoms in total. The summed E-state index contributed by atoms with van der Waals surface area (Å²) < 4.78 is 11.3. The molecule has 3 heteroatoms. The highest BCUT2D eigenvalue weighted by molar-refractivity contribution is 5.44. The van der Waals surface area contributed by atoms with E-state index in [0.717, 1.165) is 24.5 Å². The molecule has 0 fully saturated rings. The third kappa shape index (κ3) is 5.96. The Hall–Kier alpha value is -1.22. The van der Waals surface area contributed by atoms with Crippen molar-refractivity contribution in [2.75, 3.05) is 20.8 Å². The van der Waals surface area contributed by atoms with Crippen LogP contribution in [0.25, 0.3) is 0 Å². The number of hydrogen-bond acceptors (Lipinski definition) is 3. The Kier molecular flexibility index (Phi) is 7.03. The van der Waals surface area contributed by atoms with E-state index in [-0.39, 0.29) is 5.41 Å². The minimum Gasteiger partial charge on any atom is -0.497 e. The van der Waals surface area contributed by atoms with Crippen molar-refractivity contribution < 1.29 is 9.47 Å². The van der Waals surface area contributed by atoms with E-state index in [2.05, 4.69) is 39.1 Å². The molecular weight excluding hydrogens is 262 g/mol. The quantitative estimate of drug-likeness (QED) is 0.730. The minimum atomic E-state index is 0.0461. The van der Waals surface area contributed by atoms with Gasteiger partial charge in [0.05, 0.1) is 13.7 Å².